The molecule has 1 aliphatic heterocycles. The summed E-state index contributed by atoms with van der Waals surface area (Å²) in [5.41, 5.74) is 2.10. The van der Waals surface area contributed by atoms with E-state index in [2.05, 4.69) is 15.5 Å². The second kappa shape index (κ2) is 6.94. The number of benzene rings is 1. The highest BCUT2D eigenvalue weighted by molar-refractivity contribution is 7.91. The molecule has 0 spiro atoms. The molecule has 3 heterocycles. The lowest BCUT2D eigenvalue weighted by Gasteiger charge is -2.33. The molecule has 0 saturated carbocycles. The van der Waals surface area contributed by atoms with Crippen LogP contribution in [0.3, 0.4) is 0 Å². The number of sulfonamides is 1. The summed E-state index contributed by atoms with van der Waals surface area (Å²) in [6.45, 7) is 3.02. The minimum Gasteiger partial charge on any atom is -0.330 e. The van der Waals surface area contributed by atoms with Crippen LogP contribution in [0.25, 0.3) is 11.0 Å². The van der Waals surface area contributed by atoms with Crippen LogP contribution >= 0.6 is 22.9 Å². The molecule has 1 aromatic carbocycles. The molecule has 3 aromatic rings. The van der Waals surface area contributed by atoms with E-state index >= 15 is 0 Å². The van der Waals surface area contributed by atoms with Crippen molar-refractivity contribution < 1.29 is 8.42 Å². The van der Waals surface area contributed by atoms with Crippen molar-refractivity contribution >= 4 is 44.0 Å². The first-order chi connectivity index (χ1) is 12.4. The number of piperazine rings is 1. The second-order valence-corrected chi connectivity index (χ2v) is 10.2. The Hall–Kier alpha value is -1.45. The lowest BCUT2D eigenvalue weighted by Crippen LogP contribution is -2.48. The molecule has 0 N–H and O–H groups in total. The zero-order valence-electron chi connectivity index (χ0n) is 14.3. The summed E-state index contributed by atoms with van der Waals surface area (Å²) in [5.74, 6) is 0.993. The van der Waals surface area contributed by atoms with E-state index in [9.17, 15) is 8.42 Å². The molecule has 0 unspecified atom stereocenters. The number of nitrogens with zero attached hydrogens (tertiary/aromatic N) is 4. The van der Waals surface area contributed by atoms with E-state index < -0.39 is 10.0 Å². The molecule has 26 heavy (non-hydrogen) atoms. The van der Waals surface area contributed by atoms with Crippen LogP contribution in [0.1, 0.15) is 5.82 Å². The van der Waals surface area contributed by atoms with Gasteiger partial charge in [0.1, 0.15) is 10.0 Å². The minimum atomic E-state index is -3.45. The lowest BCUT2D eigenvalue weighted by molar-refractivity contribution is 0.177. The third-order valence-corrected chi connectivity index (χ3v) is 8.32. The summed E-state index contributed by atoms with van der Waals surface area (Å²) in [5, 5.41) is 0. The monoisotopic (exact) mass is 410 g/mol. The number of hydrogen-bond acceptors (Lipinski definition) is 5. The highest BCUT2D eigenvalue weighted by Gasteiger charge is 2.30. The topological polar surface area (TPSA) is 58.4 Å². The summed E-state index contributed by atoms with van der Waals surface area (Å²) in [6, 6.07) is 11.3. The fourth-order valence-electron chi connectivity index (χ4n) is 3.23. The van der Waals surface area contributed by atoms with Crippen LogP contribution in [0.15, 0.2) is 40.6 Å². The Morgan fingerprint density at radius 2 is 1.85 bits per heavy atom. The molecule has 1 aliphatic rings. The average molecular weight is 411 g/mol. The van der Waals surface area contributed by atoms with Crippen molar-refractivity contribution in [3.8, 4) is 0 Å². The normalized spacial score (nSPS) is 17.2. The first-order valence-electron chi connectivity index (χ1n) is 8.33. The molecular formula is C17H19ClN4O2S2. The molecule has 0 bridgehead atoms. The second-order valence-electron chi connectivity index (χ2n) is 6.31. The average Bonchev–Trinajstić information content (AvgIpc) is 3.21. The Bertz CT molecular complexity index is 1040. The quantitative estimate of drug-likeness (QED) is 0.663. The van der Waals surface area contributed by atoms with Crippen LogP contribution in [-0.4, -0.2) is 53.4 Å². The first kappa shape index (κ1) is 17.9. The maximum Gasteiger partial charge on any atom is 0.252 e. The van der Waals surface area contributed by atoms with Gasteiger partial charge in [0, 0.05) is 33.2 Å². The molecule has 4 rings (SSSR count). The van der Waals surface area contributed by atoms with Gasteiger partial charge >= 0.3 is 0 Å². The highest BCUT2D eigenvalue weighted by atomic mass is 35.5. The van der Waals surface area contributed by atoms with Gasteiger partial charge in [0.25, 0.3) is 10.0 Å². The van der Waals surface area contributed by atoms with Crippen LogP contribution in [0.5, 0.6) is 0 Å². The molecule has 0 aliphatic carbocycles. The number of fused-ring (bicyclic) bond motifs is 1. The summed E-state index contributed by atoms with van der Waals surface area (Å²) < 4.78 is 29.8. The van der Waals surface area contributed by atoms with Gasteiger partial charge in [-0.15, -0.1) is 11.3 Å². The SMILES string of the molecule is Cn1c(CN2CCN(S(=O)(=O)c3ccc(Cl)s3)CC2)nc2ccccc21. The van der Waals surface area contributed by atoms with Gasteiger partial charge in [-0.1, -0.05) is 23.7 Å². The van der Waals surface area contributed by atoms with Crippen LogP contribution in [0.4, 0.5) is 0 Å². The van der Waals surface area contributed by atoms with E-state index in [0.29, 0.717) is 41.3 Å². The number of thiophene rings is 1. The largest absolute Gasteiger partial charge is 0.330 e. The standard InChI is InChI=1S/C17H19ClN4O2S2/c1-20-14-5-3-2-4-13(14)19-16(20)12-21-8-10-22(11-9-21)26(23,24)17-7-6-15(18)25-17/h2-7H,8-12H2,1H3. The minimum absolute atomic E-state index is 0.311. The van der Waals surface area contributed by atoms with Crippen molar-refractivity contribution in [2.24, 2.45) is 7.05 Å². The molecule has 138 valence electrons. The number of hydrogen-bond donors (Lipinski definition) is 0. The predicted molar refractivity (Wildman–Crippen MR) is 104 cm³/mol. The van der Waals surface area contributed by atoms with Crippen LogP contribution in [0.2, 0.25) is 4.34 Å². The molecule has 1 saturated heterocycles. The summed E-state index contributed by atoms with van der Waals surface area (Å²) >= 11 is 6.99. The van der Waals surface area contributed by atoms with Crippen molar-refractivity contribution in [3.63, 3.8) is 0 Å². The van der Waals surface area contributed by atoms with Gasteiger partial charge < -0.3 is 4.57 Å². The van der Waals surface area contributed by atoms with Crippen molar-refractivity contribution in [1.29, 1.82) is 0 Å². The van der Waals surface area contributed by atoms with Crippen LogP contribution in [-0.2, 0) is 23.6 Å². The van der Waals surface area contributed by atoms with Gasteiger partial charge in [-0.2, -0.15) is 4.31 Å². The van der Waals surface area contributed by atoms with E-state index in [1.165, 1.54) is 0 Å². The van der Waals surface area contributed by atoms with Gasteiger partial charge in [-0.25, -0.2) is 13.4 Å². The molecule has 2 aromatic heterocycles. The third-order valence-electron chi connectivity index (χ3n) is 4.72. The van der Waals surface area contributed by atoms with Crippen molar-refractivity contribution in [2.75, 3.05) is 26.2 Å². The highest BCUT2D eigenvalue weighted by Crippen LogP contribution is 2.28. The molecule has 6 nitrogen and oxygen atoms in total. The fourth-order valence-corrected chi connectivity index (χ4v) is 6.29. The molecule has 0 atom stereocenters. The van der Waals surface area contributed by atoms with E-state index in [1.807, 2.05) is 25.2 Å². The van der Waals surface area contributed by atoms with Crippen molar-refractivity contribution in [2.45, 2.75) is 10.8 Å². The Balaban J connectivity index is 1.44. The van der Waals surface area contributed by atoms with E-state index in [1.54, 1.807) is 16.4 Å². The van der Waals surface area contributed by atoms with E-state index in [0.717, 1.165) is 28.2 Å². The number of para-hydroxylation sites is 2. The summed E-state index contributed by atoms with van der Waals surface area (Å²) in [4.78, 5) is 6.95. The number of imidazole rings is 1. The molecular weight excluding hydrogens is 392 g/mol. The zero-order valence-corrected chi connectivity index (χ0v) is 16.7. The molecule has 9 heteroatoms. The Morgan fingerprint density at radius 3 is 2.50 bits per heavy atom. The Morgan fingerprint density at radius 1 is 1.12 bits per heavy atom. The Kier molecular flexibility index (Phi) is 4.79. The maximum atomic E-state index is 12.7. The van der Waals surface area contributed by atoms with Gasteiger partial charge in [0.2, 0.25) is 0 Å². The molecule has 0 amide bonds. The summed E-state index contributed by atoms with van der Waals surface area (Å²) in [7, 11) is -1.43. The zero-order chi connectivity index (χ0) is 18.3. The van der Waals surface area contributed by atoms with Crippen molar-refractivity contribution in [1.82, 2.24) is 18.8 Å². The summed E-state index contributed by atoms with van der Waals surface area (Å²) in [6.07, 6.45) is 0. The van der Waals surface area contributed by atoms with Crippen LogP contribution < -0.4 is 0 Å². The first-order valence-corrected chi connectivity index (χ1v) is 11.0. The Labute approximate surface area is 161 Å². The fraction of sp³-hybridized carbons (Fsp3) is 0.353. The van der Waals surface area contributed by atoms with Gasteiger partial charge in [0.15, 0.2) is 0 Å². The van der Waals surface area contributed by atoms with Crippen molar-refractivity contribution in [3.05, 3.63) is 46.6 Å². The third kappa shape index (κ3) is 3.27. The maximum absolute atomic E-state index is 12.7. The smallest absolute Gasteiger partial charge is 0.252 e. The van der Waals surface area contributed by atoms with Gasteiger partial charge in [-0.3, -0.25) is 4.90 Å². The number of halogens is 1. The van der Waals surface area contributed by atoms with Gasteiger partial charge in [0.05, 0.1) is 21.9 Å². The number of aryl methyl sites for hydroxylation is 1. The van der Waals surface area contributed by atoms with E-state index in [-0.39, 0.29) is 0 Å². The number of aromatic nitrogens is 2. The van der Waals surface area contributed by atoms with Crippen LogP contribution in [0, 0.1) is 0 Å². The molecule has 1 fully saturated rings. The van der Waals surface area contributed by atoms with Gasteiger partial charge in [-0.05, 0) is 24.3 Å². The number of rotatable bonds is 4. The lowest BCUT2D eigenvalue weighted by atomic mass is 10.3. The predicted octanol–water partition coefficient (Wildman–Crippen LogP) is 2.79. The molecule has 0 radical (unpaired) electrons. The van der Waals surface area contributed by atoms with E-state index in [4.69, 9.17) is 16.6 Å².